The number of hydrogen-bond acceptors (Lipinski definition) is 3. The van der Waals surface area contributed by atoms with Crippen LogP contribution >= 0.6 is 0 Å². The summed E-state index contributed by atoms with van der Waals surface area (Å²) in [5.41, 5.74) is 5.04. The summed E-state index contributed by atoms with van der Waals surface area (Å²) >= 11 is 0. The number of amides is 2. The Morgan fingerprint density at radius 2 is 2.00 bits per heavy atom. The molecule has 1 atom stereocenters. The Morgan fingerprint density at radius 1 is 1.33 bits per heavy atom. The second kappa shape index (κ2) is 5.26. The Morgan fingerprint density at radius 3 is 2.50 bits per heavy atom. The van der Waals surface area contributed by atoms with Crippen molar-refractivity contribution in [1.29, 1.82) is 0 Å². The zero-order chi connectivity index (χ0) is 13.2. The number of nitrogens with one attached hydrogen (secondary N) is 1. The third kappa shape index (κ3) is 2.66. The third-order valence-corrected chi connectivity index (χ3v) is 4.30. The molecule has 0 aromatic carbocycles. The molecule has 2 aliphatic heterocycles. The first-order chi connectivity index (χ1) is 8.53. The molecule has 0 spiro atoms. The highest BCUT2D eigenvalue weighted by Crippen LogP contribution is 2.30. The molecule has 1 unspecified atom stereocenters. The van der Waals surface area contributed by atoms with Crippen LogP contribution in [0, 0.1) is 11.3 Å². The van der Waals surface area contributed by atoms with Crippen LogP contribution in [0.1, 0.15) is 32.6 Å². The molecule has 0 saturated carbocycles. The van der Waals surface area contributed by atoms with Crippen molar-refractivity contribution in [2.24, 2.45) is 17.1 Å². The molecule has 102 valence electrons. The highest BCUT2D eigenvalue weighted by atomic mass is 16.2. The summed E-state index contributed by atoms with van der Waals surface area (Å²) in [6.07, 6.45) is 3.43. The van der Waals surface area contributed by atoms with E-state index < -0.39 is 0 Å². The molecule has 3 N–H and O–H groups in total. The Kier molecular flexibility index (Phi) is 3.90. The van der Waals surface area contributed by atoms with Gasteiger partial charge in [-0.2, -0.15) is 0 Å². The van der Waals surface area contributed by atoms with Crippen LogP contribution in [0.2, 0.25) is 0 Å². The SMILES string of the molecule is CC1(C(=O)N2CCC(C(N)=O)CC2)CCCNC1. The largest absolute Gasteiger partial charge is 0.369 e. The topological polar surface area (TPSA) is 75.4 Å². The van der Waals surface area contributed by atoms with Crippen LogP contribution in [0.4, 0.5) is 0 Å². The maximum Gasteiger partial charge on any atom is 0.229 e. The van der Waals surface area contributed by atoms with E-state index in [1.54, 1.807) is 0 Å². The number of carbonyl (C=O) groups excluding carboxylic acids is 2. The van der Waals surface area contributed by atoms with Gasteiger partial charge in [-0.05, 0) is 39.2 Å². The maximum atomic E-state index is 12.5. The number of rotatable bonds is 2. The quantitative estimate of drug-likeness (QED) is 0.733. The predicted molar refractivity (Wildman–Crippen MR) is 68.7 cm³/mol. The van der Waals surface area contributed by atoms with Gasteiger partial charge in [0.2, 0.25) is 11.8 Å². The number of carbonyl (C=O) groups is 2. The summed E-state index contributed by atoms with van der Waals surface area (Å²) in [5.74, 6) is -0.0448. The van der Waals surface area contributed by atoms with E-state index in [0.29, 0.717) is 25.9 Å². The summed E-state index contributed by atoms with van der Waals surface area (Å²) < 4.78 is 0. The van der Waals surface area contributed by atoms with Crippen LogP contribution in [-0.2, 0) is 9.59 Å². The Labute approximate surface area is 108 Å². The number of hydrogen-bond donors (Lipinski definition) is 2. The molecular weight excluding hydrogens is 230 g/mol. The van der Waals surface area contributed by atoms with Gasteiger partial charge in [0.1, 0.15) is 0 Å². The van der Waals surface area contributed by atoms with E-state index in [0.717, 1.165) is 25.9 Å². The zero-order valence-corrected chi connectivity index (χ0v) is 11.1. The number of primary amides is 1. The van der Waals surface area contributed by atoms with Gasteiger partial charge in [-0.1, -0.05) is 0 Å². The van der Waals surface area contributed by atoms with E-state index in [-0.39, 0.29) is 23.1 Å². The lowest BCUT2D eigenvalue weighted by molar-refractivity contribution is -0.144. The fourth-order valence-corrected chi connectivity index (χ4v) is 2.99. The summed E-state index contributed by atoms with van der Waals surface area (Å²) in [5, 5.41) is 3.30. The lowest BCUT2D eigenvalue weighted by atomic mass is 9.80. The molecule has 2 rings (SSSR count). The van der Waals surface area contributed by atoms with E-state index in [9.17, 15) is 9.59 Å². The summed E-state index contributed by atoms with van der Waals surface area (Å²) in [6.45, 7) is 5.15. The van der Waals surface area contributed by atoms with Crippen LogP contribution in [0.15, 0.2) is 0 Å². The first-order valence-electron chi connectivity index (χ1n) is 6.82. The molecule has 2 fully saturated rings. The van der Waals surface area contributed by atoms with Gasteiger partial charge in [-0.3, -0.25) is 9.59 Å². The second-order valence-electron chi connectivity index (χ2n) is 5.81. The van der Waals surface area contributed by atoms with Crippen LogP contribution < -0.4 is 11.1 Å². The zero-order valence-electron chi connectivity index (χ0n) is 11.1. The van der Waals surface area contributed by atoms with Crippen LogP contribution in [0.5, 0.6) is 0 Å². The number of nitrogens with zero attached hydrogens (tertiary/aromatic N) is 1. The van der Waals surface area contributed by atoms with E-state index in [4.69, 9.17) is 5.73 Å². The first kappa shape index (κ1) is 13.3. The molecule has 0 aromatic heterocycles. The number of nitrogens with two attached hydrogens (primary N) is 1. The van der Waals surface area contributed by atoms with E-state index in [1.807, 2.05) is 11.8 Å². The van der Waals surface area contributed by atoms with Crippen molar-refractivity contribution in [1.82, 2.24) is 10.2 Å². The predicted octanol–water partition coefficient (Wildman–Crippen LogP) is 0.100. The van der Waals surface area contributed by atoms with E-state index in [2.05, 4.69) is 5.32 Å². The van der Waals surface area contributed by atoms with Crippen molar-refractivity contribution in [3.05, 3.63) is 0 Å². The smallest absolute Gasteiger partial charge is 0.229 e. The van der Waals surface area contributed by atoms with Gasteiger partial charge in [0.05, 0.1) is 5.41 Å². The standard InChI is InChI=1S/C13H23N3O2/c1-13(5-2-6-15-9-13)12(18)16-7-3-10(4-8-16)11(14)17/h10,15H,2-9H2,1H3,(H2,14,17). The van der Waals surface area contributed by atoms with Gasteiger partial charge in [0.25, 0.3) is 0 Å². The molecule has 2 amide bonds. The van der Waals surface area contributed by atoms with Crippen LogP contribution in [0.25, 0.3) is 0 Å². The first-order valence-corrected chi connectivity index (χ1v) is 6.82. The lowest BCUT2D eigenvalue weighted by Crippen LogP contribution is -2.52. The van der Waals surface area contributed by atoms with Gasteiger partial charge >= 0.3 is 0 Å². The van der Waals surface area contributed by atoms with E-state index >= 15 is 0 Å². The number of likely N-dealkylation sites (tertiary alicyclic amines) is 1. The van der Waals surface area contributed by atoms with E-state index in [1.165, 1.54) is 0 Å². The maximum absolute atomic E-state index is 12.5. The molecule has 0 aromatic rings. The molecule has 0 radical (unpaired) electrons. The monoisotopic (exact) mass is 253 g/mol. The fraction of sp³-hybridized carbons (Fsp3) is 0.846. The fourth-order valence-electron chi connectivity index (χ4n) is 2.99. The Balaban J connectivity index is 1.92. The molecule has 2 aliphatic rings. The van der Waals surface area contributed by atoms with Crippen molar-refractivity contribution < 1.29 is 9.59 Å². The highest BCUT2D eigenvalue weighted by molar-refractivity contribution is 5.83. The average Bonchev–Trinajstić information content (AvgIpc) is 2.39. The van der Waals surface area contributed by atoms with Gasteiger partial charge in [0, 0.05) is 25.6 Å². The molecule has 0 bridgehead atoms. The molecule has 5 nitrogen and oxygen atoms in total. The minimum Gasteiger partial charge on any atom is -0.369 e. The van der Waals surface area contributed by atoms with Gasteiger partial charge in [-0.25, -0.2) is 0 Å². The van der Waals surface area contributed by atoms with Crippen LogP contribution in [0.3, 0.4) is 0 Å². The lowest BCUT2D eigenvalue weighted by Gasteiger charge is -2.40. The van der Waals surface area contributed by atoms with Gasteiger partial charge < -0.3 is 16.0 Å². The third-order valence-electron chi connectivity index (χ3n) is 4.30. The Hall–Kier alpha value is -1.10. The molecular formula is C13H23N3O2. The molecule has 2 saturated heterocycles. The summed E-state index contributed by atoms with van der Waals surface area (Å²) in [7, 11) is 0. The minimum absolute atomic E-state index is 0.0497. The summed E-state index contributed by atoms with van der Waals surface area (Å²) in [4.78, 5) is 25.5. The van der Waals surface area contributed by atoms with Crippen molar-refractivity contribution in [2.75, 3.05) is 26.2 Å². The van der Waals surface area contributed by atoms with Crippen molar-refractivity contribution in [2.45, 2.75) is 32.6 Å². The molecule has 18 heavy (non-hydrogen) atoms. The second-order valence-corrected chi connectivity index (χ2v) is 5.81. The van der Waals surface area contributed by atoms with Crippen LogP contribution in [-0.4, -0.2) is 42.9 Å². The normalized spacial score (nSPS) is 30.2. The van der Waals surface area contributed by atoms with Crippen molar-refractivity contribution >= 4 is 11.8 Å². The van der Waals surface area contributed by atoms with Gasteiger partial charge in [0.15, 0.2) is 0 Å². The van der Waals surface area contributed by atoms with Crippen molar-refractivity contribution in [3.63, 3.8) is 0 Å². The average molecular weight is 253 g/mol. The summed E-state index contributed by atoms with van der Waals surface area (Å²) in [6, 6.07) is 0. The Bertz CT molecular complexity index is 329. The highest BCUT2D eigenvalue weighted by Gasteiger charge is 2.39. The van der Waals surface area contributed by atoms with Crippen molar-refractivity contribution in [3.8, 4) is 0 Å². The van der Waals surface area contributed by atoms with Gasteiger partial charge in [-0.15, -0.1) is 0 Å². The minimum atomic E-state index is -0.266. The molecule has 0 aliphatic carbocycles. The number of piperidine rings is 2. The molecule has 5 heteroatoms. The molecule has 2 heterocycles.